The molecule has 0 aromatic heterocycles. The van der Waals surface area contributed by atoms with Gasteiger partial charge in [-0.3, -0.25) is 0 Å². The van der Waals surface area contributed by atoms with Gasteiger partial charge < -0.3 is 11.1 Å². The minimum atomic E-state index is 0.516. The van der Waals surface area contributed by atoms with Crippen molar-refractivity contribution >= 4 is 0 Å². The first-order chi connectivity index (χ1) is 4.38. The van der Waals surface area contributed by atoms with Crippen LogP contribution >= 0.6 is 0 Å². The van der Waals surface area contributed by atoms with Gasteiger partial charge in [0.2, 0.25) is 0 Å². The predicted octanol–water partition coefficient (Wildman–Crippen LogP) is -0.0569. The number of fused-ring (bicyclic) bond motifs is 1. The zero-order chi connectivity index (χ0) is 6.27. The van der Waals surface area contributed by atoms with Gasteiger partial charge in [0.25, 0.3) is 0 Å². The van der Waals surface area contributed by atoms with Gasteiger partial charge in [0, 0.05) is 6.04 Å². The van der Waals surface area contributed by atoms with Crippen molar-refractivity contribution in [1.82, 2.24) is 5.32 Å². The highest BCUT2D eigenvalue weighted by Crippen LogP contribution is 2.36. The molecule has 1 saturated carbocycles. The van der Waals surface area contributed by atoms with Crippen LogP contribution in [-0.4, -0.2) is 19.1 Å². The Kier molecular flexibility index (Phi) is 1.24. The van der Waals surface area contributed by atoms with Gasteiger partial charge in [0.1, 0.15) is 0 Å². The quantitative estimate of drug-likeness (QED) is 0.477. The first kappa shape index (κ1) is 5.69. The van der Waals surface area contributed by atoms with Crippen molar-refractivity contribution in [1.29, 1.82) is 0 Å². The van der Waals surface area contributed by atoms with Crippen LogP contribution in [0.15, 0.2) is 0 Å². The SMILES string of the molecule is N[C@@H]1C[C@@H]2CCNC[C@@H]21. The molecule has 0 amide bonds. The summed E-state index contributed by atoms with van der Waals surface area (Å²) in [5.41, 5.74) is 5.79. The number of hydrogen-bond donors (Lipinski definition) is 2. The Morgan fingerprint density at radius 2 is 2.33 bits per heavy atom. The minimum Gasteiger partial charge on any atom is -0.327 e. The lowest BCUT2D eigenvalue weighted by Gasteiger charge is -2.46. The number of nitrogens with one attached hydrogen (secondary N) is 1. The molecule has 0 aromatic carbocycles. The van der Waals surface area contributed by atoms with Crippen LogP contribution in [-0.2, 0) is 0 Å². The van der Waals surface area contributed by atoms with Crippen LogP contribution < -0.4 is 11.1 Å². The predicted molar refractivity (Wildman–Crippen MR) is 37.1 cm³/mol. The van der Waals surface area contributed by atoms with Crippen molar-refractivity contribution in [2.75, 3.05) is 13.1 Å². The van der Waals surface area contributed by atoms with Crippen LogP contribution in [0.25, 0.3) is 0 Å². The lowest BCUT2D eigenvalue weighted by atomic mass is 9.66. The Bertz CT molecular complexity index is 111. The highest BCUT2D eigenvalue weighted by atomic mass is 14.9. The molecular formula is C7H14N2. The third-order valence-corrected chi connectivity index (χ3v) is 2.80. The average molecular weight is 126 g/mol. The molecule has 1 heterocycles. The third kappa shape index (κ3) is 0.775. The molecule has 2 nitrogen and oxygen atoms in total. The van der Waals surface area contributed by atoms with Gasteiger partial charge in [-0.15, -0.1) is 0 Å². The van der Waals surface area contributed by atoms with E-state index in [1.54, 1.807) is 0 Å². The number of rotatable bonds is 0. The summed E-state index contributed by atoms with van der Waals surface area (Å²) in [6.45, 7) is 2.39. The molecule has 0 aromatic rings. The van der Waals surface area contributed by atoms with Gasteiger partial charge in [-0.1, -0.05) is 0 Å². The standard InChI is InChI=1S/C7H14N2/c8-7-3-5-1-2-9-4-6(5)7/h5-7,9H,1-4,8H2/t5-,6-,7+/m0/s1. The van der Waals surface area contributed by atoms with E-state index in [1.807, 2.05) is 0 Å². The van der Waals surface area contributed by atoms with E-state index in [4.69, 9.17) is 5.73 Å². The molecule has 0 radical (unpaired) electrons. The van der Waals surface area contributed by atoms with E-state index in [0.717, 1.165) is 11.8 Å². The van der Waals surface area contributed by atoms with Crippen molar-refractivity contribution in [3.63, 3.8) is 0 Å². The molecule has 3 atom stereocenters. The van der Waals surface area contributed by atoms with Gasteiger partial charge >= 0.3 is 0 Å². The average Bonchev–Trinajstić information content (AvgIpc) is 1.86. The fourth-order valence-corrected chi connectivity index (χ4v) is 2.06. The summed E-state index contributed by atoms with van der Waals surface area (Å²) in [6, 6.07) is 0.516. The van der Waals surface area contributed by atoms with Crippen LogP contribution in [0.5, 0.6) is 0 Å². The second-order valence-corrected chi connectivity index (χ2v) is 3.32. The zero-order valence-corrected chi connectivity index (χ0v) is 5.64. The summed E-state index contributed by atoms with van der Waals surface area (Å²) in [6.07, 6.45) is 2.64. The normalized spacial score (nSPS) is 49.7. The fourth-order valence-electron chi connectivity index (χ4n) is 2.06. The Morgan fingerprint density at radius 1 is 1.44 bits per heavy atom. The molecule has 1 saturated heterocycles. The van der Waals surface area contributed by atoms with E-state index in [2.05, 4.69) is 5.32 Å². The van der Waals surface area contributed by atoms with Crippen molar-refractivity contribution < 1.29 is 0 Å². The van der Waals surface area contributed by atoms with E-state index >= 15 is 0 Å². The summed E-state index contributed by atoms with van der Waals surface area (Å²) < 4.78 is 0. The molecule has 3 N–H and O–H groups in total. The van der Waals surface area contributed by atoms with E-state index in [1.165, 1.54) is 25.9 Å². The molecule has 2 rings (SSSR count). The molecule has 2 heteroatoms. The molecular weight excluding hydrogens is 112 g/mol. The minimum absolute atomic E-state index is 0.516. The maximum absolute atomic E-state index is 5.79. The summed E-state index contributed by atoms with van der Waals surface area (Å²) in [5, 5.41) is 3.37. The van der Waals surface area contributed by atoms with E-state index in [9.17, 15) is 0 Å². The fraction of sp³-hybridized carbons (Fsp3) is 1.00. The number of hydrogen-bond acceptors (Lipinski definition) is 2. The Labute approximate surface area is 55.8 Å². The monoisotopic (exact) mass is 126 g/mol. The zero-order valence-electron chi connectivity index (χ0n) is 5.64. The summed E-state index contributed by atoms with van der Waals surface area (Å²) in [7, 11) is 0. The molecule has 1 aliphatic carbocycles. The Morgan fingerprint density at radius 3 is 2.89 bits per heavy atom. The lowest BCUT2D eigenvalue weighted by Crippen LogP contribution is -2.55. The number of nitrogens with two attached hydrogens (primary N) is 1. The lowest BCUT2D eigenvalue weighted by molar-refractivity contribution is 0.0971. The Hall–Kier alpha value is -0.0800. The van der Waals surface area contributed by atoms with Crippen molar-refractivity contribution in [2.24, 2.45) is 17.6 Å². The van der Waals surface area contributed by atoms with Crippen LogP contribution in [0.2, 0.25) is 0 Å². The highest BCUT2D eigenvalue weighted by molar-refractivity contribution is 4.95. The van der Waals surface area contributed by atoms with Gasteiger partial charge in [-0.05, 0) is 37.8 Å². The number of piperidine rings is 1. The molecule has 0 bridgehead atoms. The van der Waals surface area contributed by atoms with Crippen molar-refractivity contribution in [3.8, 4) is 0 Å². The maximum atomic E-state index is 5.79. The third-order valence-electron chi connectivity index (χ3n) is 2.80. The van der Waals surface area contributed by atoms with E-state index < -0.39 is 0 Å². The second-order valence-electron chi connectivity index (χ2n) is 3.32. The van der Waals surface area contributed by atoms with Crippen molar-refractivity contribution in [2.45, 2.75) is 18.9 Å². The van der Waals surface area contributed by atoms with E-state index in [0.29, 0.717) is 6.04 Å². The van der Waals surface area contributed by atoms with Gasteiger partial charge in [0.05, 0.1) is 0 Å². The topological polar surface area (TPSA) is 38.0 Å². The van der Waals surface area contributed by atoms with Crippen molar-refractivity contribution in [3.05, 3.63) is 0 Å². The molecule has 1 aliphatic heterocycles. The molecule has 52 valence electrons. The highest BCUT2D eigenvalue weighted by Gasteiger charge is 2.39. The first-order valence-corrected chi connectivity index (χ1v) is 3.84. The van der Waals surface area contributed by atoms with Gasteiger partial charge in [0.15, 0.2) is 0 Å². The summed E-state index contributed by atoms with van der Waals surface area (Å²) in [5.74, 6) is 1.79. The summed E-state index contributed by atoms with van der Waals surface area (Å²) >= 11 is 0. The van der Waals surface area contributed by atoms with Crippen LogP contribution in [0.4, 0.5) is 0 Å². The van der Waals surface area contributed by atoms with Crippen LogP contribution in [0.1, 0.15) is 12.8 Å². The van der Waals surface area contributed by atoms with Gasteiger partial charge in [-0.25, -0.2) is 0 Å². The van der Waals surface area contributed by atoms with Crippen LogP contribution in [0, 0.1) is 11.8 Å². The van der Waals surface area contributed by atoms with Crippen LogP contribution in [0.3, 0.4) is 0 Å². The second kappa shape index (κ2) is 1.96. The summed E-state index contributed by atoms with van der Waals surface area (Å²) in [4.78, 5) is 0. The maximum Gasteiger partial charge on any atom is 0.00847 e. The van der Waals surface area contributed by atoms with E-state index in [-0.39, 0.29) is 0 Å². The molecule has 0 spiro atoms. The molecule has 9 heavy (non-hydrogen) atoms. The largest absolute Gasteiger partial charge is 0.327 e. The smallest absolute Gasteiger partial charge is 0.00847 e. The Balaban J connectivity index is 1.94. The van der Waals surface area contributed by atoms with Gasteiger partial charge in [-0.2, -0.15) is 0 Å². The molecule has 2 aliphatic rings. The first-order valence-electron chi connectivity index (χ1n) is 3.84. The molecule has 2 fully saturated rings. The molecule has 0 unspecified atom stereocenters.